The van der Waals surface area contributed by atoms with E-state index in [-0.39, 0.29) is 23.0 Å². The summed E-state index contributed by atoms with van der Waals surface area (Å²) in [6.07, 6.45) is 4.72. The summed E-state index contributed by atoms with van der Waals surface area (Å²) in [7, 11) is 0. The summed E-state index contributed by atoms with van der Waals surface area (Å²) in [5, 5.41) is 13.0. The van der Waals surface area contributed by atoms with Gasteiger partial charge in [0.2, 0.25) is 5.91 Å². The Morgan fingerprint density at radius 2 is 2.00 bits per heavy atom. The van der Waals surface area contributed by atoms with Crippen LogP contribution in [0.1, 0.15) is 52.0 Å². The molecule has 1 aromatic rings. The van der Waals surface area contributed by atoms with Crippen LogP contribution in [0.2, 0.25) is 0 Å². The van der Waals surface area contributed by atoms with E-state index in [1.807, 2.05) is 12.1 Å². The van der Waals surface area contributed by atoms with Gasteiger partial charge in [0.1, 0.15) is 5.75 Å². The van der Waals surface area contributed by atoms with Crippen molar-refractivity contribution in [2.45, 2.75) is 51.9 Å². The van der Waals surface area contributed by atoms with Crippen LogP contribution >= 0.6 is 0 Å². The Hall–Kier alpha value is -1.51. The second kappa shape index (κ2) is 5.04. The van der Waals surface area contributed by atoms with Crippen LogP contribution < -0.4 is 5.32 Å². The topological polar surface area (TPSA) is 49.3 Å². The monoisotopic (exact) mass is 287 g/mol. The van der Waals surface area contributed by atoms with E-state index in [9.17, 15) is 9.90 Å². The van der Waals surface area contributed by atoms with Crippen molar-refractivity contribution in [1.82, 2.24) is 0 Å². The van der Waals surface area contributed by atoms with Gasteiger partial charge in [-0.1, -0.05) is 33.3 Å². The first kappa shape index (κ1) is 14.4. The van der Waals surface area contributed by atoms with E-state index < -0.39 is 0 Å². The molecule has 2 bridgehead atoms. The number of carbonyl (C=O) groups is 1. The smallest absolute Gasteiger partial charge is 0.227 e. The van der Waals surface area contributed by atoms with Crippen molar-refractivity contribution in [3.05, 3.63) is 23.8 Å². The van der Waals surface area contributed by atoms with Gasteiger partial charge in [0.15, 0.2) is 0 Å². The molecule has 114 valence electrons. The van der Waals surface area contributed by atoms with Crippen molar-refractivity contribution in [2.24, 2.45) is 17.8 Å². The Kier molecular flexibility index (Phi) is 3.46. The van der Waals surface area contributed by atoms with Gasteiger partial charge in [-0.3, -0.25) is 4.79 Å². The minimum atomic E-state index is -0.000393. The molecule has 0 aromatic heterocycles. The number of benzene rings is 1. The van der Waals surface area contributed by atoms with Crippen LogP contribution in [0.15, 0.2) is 18.2 Å². The number of anilines is 1. The molecule has 0 unspecified atom stereocenters. The number of rotatable bonds is 2. The first-order valence-corrected chi connectivity index (χ1v) is 7.99. The van der Waals surface area contributed by atoms with E-state index in [1.165, 1.54) is 19.3 Å². The molecule has 0 radical (unpaired) electrons. The number of aromatic hydroxyl groups is 1. The molecule has 2 fully saturated rings. The third kappa shape index (κ3) is 2.78. The summed E-state index contributed by atoms with van der Waals surface area (Å²) in [5.41, 5.74) is 1.67. The van der Waals surface area contributed by atoms with Crippen molar-refractivity contribution in [2.75, 3.05) is 5.32 Å². The van der Waals surface area contributed by atoms with Gasteiger partial charge in [-0.25, -0.2) is 0 Å². The predicted octanol–water partition coefficient (Wildman–Crippen LogP) is 4.06. The maximum absolute atomic E-state index is 12.5. The number of amides is 1. The molecule has 21 heavy (non-hydrogen) atoms. The molecular formula is C18H25NO2. The fourth-order valence-electron chi connectivity index (χ4n) is 3.89. The Labute approximate surface area is 126 Å². The largest absolute Gasteiger partial charge is 0.506 e. The SMILES string of the molecule is CC(C)(C)c1ccc(O)c(NC(=O)[C@H]2C[C@H]3CC[C@H]2C3)c1. The van der Waals surface area contributed by atoms with Gasteiger partial charge in [0.25, 0.3) is 0 Å². The Bertz CT molecular complexity index is 559. The van der Waals surface area contributed by atoms with E-state index in [2.05, 4.69) is 26.1 Å². The zero-order valence-electron chi connectivity index (χ0n) is 13.1. The highest BCUT2D eigenvalue weighted by Crippen LogP contribution is 2.48. The van der Waals surface area contributed by atoms with Gasteiger partial charge in [-0.05, 0) is 54.2 Å². The van der Waals surface area contributed by atoms with Gasteiger partial charge in [-0.15, -0.1) is 0 Å². The summed E-state index contributed by atoms with van der Waals surface area (Å²) in [4.78, 5) is 12.5. The molecule has 1 aromatic carbocycles. The van der Waals surface area contributed by atoms with E-state index in [0.717, 1.165) is 17.9 Å². The molecule has 2 N–H and O–H groups in total. The van der Waals surface area contributed by atoms with Gasteiger partial charge >= 0.3 is 0 Å². The molecule has 3 rings (SSSR count). The number of phenols is 1. The van der Waals surface area contributed by atoms with E-state index in [1.54, 1.807) is 6.07 Å². The zero-order valence-corrected chi connectivity index (χ0v) is 13.1. The maximum atomic E-state index is 12.5. The quantitative estimate of drug-likeness (QED) is 0.806. The molecule has 1 amide bonds. The Morgan fingerprint density at radius 3 is 2.57 bits per heavy atom. The molecule has 0 spiro atoms. The lowest BCUT2D eigenvalue weighted by Gasteiger charge is -2.23. The van der Waals surface area contributed by atoms with Crippen molar-refractivity contribution < 1.29 is 9.90 Å². The van der Waals surface area contributed by atoms with Crippen molar-refractivity contribution >= 4 is 11.6 Å². The molecule has 2 saturated carbocycles. The highest BCUT2D eigenvalue weighted by Gasteiger charge is 2.43. The average Bonchev–Trinajstić information content (AvgIpc) is 3.02. The van der Waals surface area contributed by atoms with Crippen LogP contribution in [0.4, 0.5) is 5.69 Å². The summed E-state index contributed by atoms with van der Waals surface area (Å²) in [6.45, 7) is 6.38. The Morgan fingerprint density at radius 1 is 1.24 bits per heavy atom. The fraction of sp³-hybridized carbons (Fsp3) is 0.611. The maximum Gasteiger partial charge on any atom is 0.227 e. The summed E-state index contributed by atoms with van der Waals surface area (Å²) >= 11 is 0. The molecule has 3 atom stereocenters. The zero-order chi connectivity index (χ0) is 15.2. The Balaban J connectivity index is 1.76. The molecule has 3 heteroatoms. The van der Waals surface area contributed by atoms with Crippen LogP contribution in [-0.4, -0.2) is 11.0 Å². The summed E-state index contributed by atoms with van der Waals surface area (Å²) in [6, 6.07) is 5.50. The molecule has 0 heterocycles. The first-order chi connectivity index (χ1) is 9.84. The lowest BCUT2D eigenvalue weighted by atomic mass is 9.86. The highest BCUT2D eigenvalue weighted by atomic mass is 16.3. The van der Waals surface area contributed by atoms with Gasteiger partial charge < -0.3 is 10.4 Å². The number of nitrogens with one attached hydrogen (secondary N) is 1. The molecule has 0 aliphatic heterocycles. The van der Waals surface area contributed by atoms with Crippen molar-refractivity contribution in [1.29, 1.82) is 0 Å². The molecule has 0 saturated heterocycles. The first-order valence-electron chi connectivity index (χ1n) is 7.99. The number of phenolic OH excluding ortho intramolecular Hbond substituents is 1. The van der Waals surface area contributed by atoms with Crippen LogP contribution in [0.5, 0.6) is 5.75 Å². The van der Waals surface area contributed by atoms with Gasteiger partial charge in [-0.2, -0.15) is 0 Å². The number of hydrogen-bond donors (Lipinski definition) is 2. The third-order valence-corrected chi connectivity index (χ3v) is 5.20. The standard InChI is InChI=1S/C18H25NO2/c1-18(2,3)13-6-7-16(20)15(10-13)19-17(21)14-9-11-4-5-12(14)8-11/h6-7,10-12,14,20H,4-5,8-9H2,1-3H3,(H,19,21)/t11-,12-,14-/m0/s1. The van der Waals surface area contributed by atoms with E-state index >= 15 is 0 Å². The van der Waals surface area contributed by atoms with Crippen LogP contribution in [0, 0.1) is 17.8 Å². The van der Waals surface area contributed by atoms with Crippen LogP contribution in [0.3, 0.4) is 0 Å². The predicted molar refractivity (Wildman–Crippen MR) is 84.4 cm³/mol. The average molecular weight is 287 g/mol. The molecule has 3 nitrogen and oxygen atoms in total. The van der Waals surface area contributed by atoms with Crippen LogP contribution in [-0.2, 0) is 10.2 Å². The molecule has 2 aliphatic rings. The number of fused-ring (bicyclic) bond motifs is 2. The van der Waals surface area contributed by atoms with Crippen molar-refractivity contribution in [3.8, 4) is 5.75 Å². The highest BCUT2D eigenvalue weighted by molar-refractivity contribution is 5.94. The minimum absolute atomic E-state index is 0.000393. The summed E-state index contributed by atoms with van der Waals surface area (Å²) in [5.74, 6) is 1.69. The van der Waals surface area contributed by atoms with Gasteiger partial charge in [0.05, 0.1) is 5.69 Å². The second-order valence-electron chi connectivity index (χ2n) is 7.75. The van der Waals surface area contributed by atoms with Gasteiger partial charge in [0, 0.05) is 5.92 Å². The van der Waals surface area contributed by atoms with Crippen molar-refractivity contribution in [3.63, 3.8) is 0 Å². The minimum Gasteiger partial charge on any atom is -0.506 e. The van der Waals surface area contributed by atoms with E-state index in [4.69, 9.17) is 0 Å². The lowest BCUT2D eigenvalue weighted by Crippen LogP contribution is -2.27. The lowest BCUT2D eigenvalue weighted by molar-refractivity contribution is -0.121. The summed E-state index contributed by atoms with van der Waals surface area (Å²) < 4.78 is 0. The fourth-order valence-corrected chi connectivity index (χ4v) is 3.89. The molecule has 2 aliphatic carbocycles. The number of hydrogen-bond acceptors (Lipinski definition) is 2. The third-order valence-electron chi connectivity index (χ3n) is 5.20. The normalized spacial score (nSPS) is 27.9. The second-order valence-corrected chi connectivity index (χ2v) is 7.75. The number of carbonyl (C=O) groups excluding carboxylic acids is 1. The van der Waals surface area contributed by atoms with Crippen LogP contribution in [0.25, 0.3) is 0 Å². The van der Waals surface area contributed by atoms with E-state index in [0.29, 0.717) is 11.6 Å². The molecular weight excluding hydrogens is 262 g/mol.